The topological polar surface area (TPSA) is 43.5 Å². The van der Waals surface area contributed by atoms with Gasteiger partial charge in [0.15, 0.2) is 0 Å². The lowest BCUT2D eigenvalue weighted by molar-refractivity contribution is -0.110. The summed E-state index contributed by atoms with van der Waals surface area (Å²) in [5.41, 5.74) is 0.371. The molecule has 0 aromatic carbocycles. The Balaban J connectivity index is 1.41. The highest BCUT2D eigenvalue weighted by Gasteiger charge is 2.48. The summed E-state index contributed by atoms with van der Waals surface area (Å²) < 4.78 is 23.8. The van der Waals surface area contributed by atoms with Crippen LogP contribution in [-0.2, 0) is 18.9 Å². The molecule has 2 saturated heterocycles. The van der Waals surface area contributed by atoms with Crippen LogP contribution in [0.5, 0.6) is 0 Å². The number of rotatable bonds is 12. The Labute approximate surface area is 203 Å². The standard InChI is InChI=1S/C29H52O4/c1-7-9-21-13-23(11-19(3)27(21)32-17-25-15-30-25)29(5,6)24-12-20(4)28(22(14-24)10-8-2)33-18-26-16-31-26/h19-28H,7-18H2,1-6H3. The fourth-order valence-corrected chi connectivity index (χ4v) is 7.51. The maximum Gasteiger partial charge on any atom is 0.104 e. The van der Waals surface area contributed by atoms with Crippen LogP contribution in [0.1, 0.15) is 92.9 Å². The van der Waals surface area contributed by atoms with Crippen LogP contribution in [0.4, 0.5) is 0 Å². The van der Waals surface area contributed by atoms with Gasteiger partial charge in [0, 0.05) is 0 Å². The SMILES string of the molecule is CCCC1CC(C(C)(C)C2CC(C)C(OCC3CO3)C(CCC)C2)CC(C)C1OCC1CO1. The van der Waals surface area contributed by atoms with Crippen LogP contribution in [0.3, 0.4) is 0 Å². The summed E-state index contributed by atoms with van der Waals surface area (Å²) in [6.07, 6.45) is 12.0. The van der Waals surface area contributed by atoms with Crippen molar-refractivity contribution in [2.75, 3.05) is 26.4 Å². The minimum absolute atomic E-state index is 0.370. The monoisotopic (exact) mass is 464 g/mol. The molecule has 33 heavy (non-hydrogen) atoms. The first-order chi connectivity index (χ1) is 15.8. The van der Waals surface area contributed by atoms with Gasteiger partial charge in [-0.05, 0) is 79.4 Å². The number of hydrogen-bond acceptors (Lipinski definition) is 4. The molecule has 4 fully saturated rings. The molecule has 0 aromatic heterocycles. The van der Waals surface area contributed by atoms with Gasteiger partial charge in [-0.1, -0.05) is 54.4 Å². The van der Waals surface area contributed by atoms with Crippen molar-refractivity contribution in [2.24, 2.45) is 40.9 Å². The van der Waals surface area contributed by atoms with Crippen molar-refractivity contribution >= 4 is 0 Å². The minimum Gasteiger partial charge on any atom is -0.375 e. The van der Waals surface area contributed by atoms with Crippen molar-refractivity contribution in [1.82, 2.24) is 0 Å². The third kappa shape index (κ3) is 6.54. The molecule has 0 spiro atoms. The molecule has 0 aromatic rings. The normalized spacial score (nSPS) is 43.5. The molecule has 2 heterocycles. The van der Waals surface area contributed by atoms with E-state index in [0.717, 1.165) is 38.3 Å². The van der Waals surface area contributed by atoms with Gasteiger partial charge in [-0.2, -0.15) is 0 Å². The highest BCUT2D eigenvalue weighted by molar-refractivity contribution is 4.98. The molecular weight excluding hydrogens is 412 g/mol. The van der Waals surface area contributed by atoms with Crippen LogP contribution in [-0.4, -0.2) is 50.8 Å². The second kappa shape index (κ2) is 11.3. The van der Waals surface area contributed by atoms with E-state index in [1.165, 1.54) is 51.4 Å². The zero-order chi connectivity index (χ0) is 23.6. The Morgan fingerprint density at radius 2 is 1.09 bits per heavy atom. The van der Waals surface area contributed by atoms with Crippen molar-refractivity contribution in [2.45, 2.75) is 117 Å². The van der Waals surface area contributed by atoms with Gasteiger partial charge >= 0.3 is 0 Å². The first-order valence-electron chi connectivity index (χ1n) is 14.3. The van der Waals surface area contributed by atoms with Gasteiger partial charge in [0.2, 0.25) is 0 Å². The molecule has 2 saturated carbocycles. The quantitative estimate of drug-likeness (QED) is 0.309. The first-order valence-corrected chi connectivity index (χ1v) is 14.3. The van der Waals surface area contributed by atoms with Crippen LogP contribution in [0.2, 0.25) is 0 Å². The van der Waals surface area contributed by atoms with Gasteiger partial charge < -0.3 is 18.9 Å². The predicted molar refractivity (Wildman–Crippen MR) is 133 cm³/mol. The third-order valence-electron chi connectivity index (χ3n) is 9.72. The summed E-state index contributed by atoms with van der Waals surface area (Å²) in [6.45, 7) is 18.2. The fraction of sp³-hybridized carbons (Fsp3) is 1.00. The van der Waals surface area contributed by atoms with Crippen molar-refractivity contribution in [3.63, 3.8) is 0 Å². The highest BCUT2D eigenvalue weighted by Crippen LogP contribution is 2.54. The van der Waals surface area contributed by atoms with Crippen LogP contribution < -0.4 is 0 Å². The van der Waals surface area contributed by atoms with Crippen LogP contribution in [0.15, 0.2) is 0 Å². The predicted octanol–water partition coefficient (Wildman–Crippen LogP) is 6.51. The Bertz CT molecular complexity index is 548. The summed E-state index contributed by atoms with van der Waals surface area (Å²) in [7, 11) is 0. The van der Waals surface area contributed by atoms with Crippen LogP contribution in [0, 0.1) is 40.9 Å². The van der Waals surface area contributed by atoms with Gasteiger partial charge in [0.1, 0.15) is 12.2 Å². The summed E-state index contributed by atoms with van der Waals surface area (Å²) in [5, 5.41) is 0. The molecule has 4 heteroatoms. The van der Waals surface area contributed by atoms with E-state index in [1.54, 1.807) is 0 Å². The molecule has 0 radical (unpaired) electrons. The average molecular weight is 465 g/mol. The second-order valence-corrected chi connectivity index (χ2v) is 12.7. The lowest BCUT2D eigenvalue weighted by Gasteiger charge is -2.53. The van der Waals surface area contributed by atoms with E-state index < -0.39 is 0 Å². The van der Waals surface area contributed by atoms with E-state index in [4.69, 9.17) is 18.9 Å². The number of ether oxygens (including phenoxy) is 4. The Morgan fingerprint density at radius 1 is 0.697 bits per heavy atom. The summed E-state index contributed by atoms with van der Waals surface area (Å²) in [5.74, 6) is 4.25. The molecule has 4 aliphatic rings. The van der Waals surface area contributed by atoms with E-state index >= 15 is 0 Å². The molecule has 4 rings (SSSR count). The van der Waals surface area contributed by atoms with E-state index in [2.05, 4.69) is 41.5 Å². The van der Waals surface area contributed by atoms with Crippen molar-refractivity contribution < 1.29 is 18.9 Å². The third-order valence-corrected chi connectivity index (χ3v) is 9.72. The second-order valence-electron chi connectivity index (χ2n) is 12.7. The van der Waals surface area contributed by atoms with E-state index in [1.807, 2.05) is 0 Å². The zero-order valence-electron chi connectivity index (χ0n) is 22.4. The average Bonchev–Trinajstić information content (AvgIpc) is 3.67. The highest BCUT2D eigenvalue weighted by atomic mass is 16.6. The molecule has 0 amide bonds. The van der Waals surface area contributed by atoms with Crippen molar-refractivity contribution in [3.8, 4) is 0 Å². The Hall–Kier alpha value is -0.160. The fourth-order valence-electron chi connectivity index (χ4n) is 7.51. The van der Waals surface area contributed by atoms with E-state index in [-0.39, 0.29) is 0 Å². The van der Waals surface area contributed by atoms with Gasteiger partial charge in [-0.3, -0.25) is 0 Å². The molecule has 0 N–H and O–H groups in total. The Kier molecular flexibility index (Phi) is 8.85. The first kappa shape index (κ1) is 25.9. The molecular formula is C29H52O4. The van der Waals surface area contributed by atoms with Gasteiger partial charge in [0.05, 0.1) is 38.6 Å². The summed E-state index contributed by atoms with van der Waals surface area (Å²) >= 11 is 0. The zero-order valence-corrected chi connectivity index (χ0v) is 22.4. The molecule has 10 atom stereocenters. The van der Waals surface area contributed by atoms with Crippen molar-refractivity contribution in [1.29, 1.82) is 0 Å². The molecule has 10 unspecified atom stereocenters. The largest absolute Gasteiger partial charge is 0.375 e. The maximum atomic E-state index is 6.47. The molecule has 0 bridgehead atoms. The smallest absolute Gasteiger partial charge is 0.104 e. The minimum atomic E-state index is 0.370. The van der Waals surface area contributed by atoms with E-state index in [9.17, 15) is 0 Å². The van der Waals surface area contributed by atoms with Crippen molar-refractivity contribution in [3.05, 3.63) is 0 Å². The van der Waals surface area contributed by atoms with Crippen LogP contribution >= 0.6 is 0 Å². The van der Waals surface area contributed by atoms with E-state index in [0.29, 0.717) is 53.5 Å². The number of hydrogen-bond donors (Lipinski definition) is 0. The summed E-state index contributed by atoms with van der Waals surface area (Å²) in [4.78, 5) is 0. The molecule has 192 valence electrons. The van der Waals surface area contributed by atoms with Gasteiger partial charge in [-0.15, -0.1) is 0 Å². The molecule has 2 aliphatic carbocycles. The number of epoxide rings is 2. The Morgan fingerprint density at radius 3 is 1.42 bits per heavy atom. The van der Waals surface area contributed by atoms with Crippen LogP contribution in [0.25, 0.3) is 0 Å². The lowest BCUT2D eigenvalue weighted by atomic mass is 9.55. The maximum absolute atomic E-state index is 6.47. The molecule has 2 aliphatic heterocycles. The molecule has 4 nitrogen and oxygen atoms in total. The summed E-state index contributed by atoms with van der Waals surface area (Å²) in [6, 6.07) is 0. The van der Waals surface area contributed by atoms with Gasteiger partial charge in [0.25, 0.3) is 0 Å². The van der Waals surface area contributed by atoms with Gasteiger partial charge in [-0.25, -0.2) is 0 Å². The lowest BCUT2D eigenvalue weighted by Crippen LogP contribution is -2.48.